The Hall–Kier alpha value is -2.03. The Bertz CT molecular complexity index is 616. The lowest BCUT2D eigenvalue weighted by atomic mass is 10.3. The van der Waals surface area contributed by atoms with Crippen molar-refractivity contribution in [3.05, 3.63) is 34.1 Å². The molecule has 7 nitrogen and oxygen atoms in total. The lowest BCUT2D eigenvalue weighted by Gasteiger charge is -2.07. The molecule has 0 bridgehead atoms. The first-order valence-electron chi connectivity index (χ1n) is 5.38. The third kappa shape index (κ3) is 2.87. The summed E-state index contributed by atoms with van der Waals surface area (Å²) in [6.45, 7) is 3.78. The number of rotatable bonds is 4. The Labute approximate surface area is 112 Å². The van der Waals surface area contributed by atoms with Gasteiger partial charge in [-0.3, -0.25) is 10.1 Å². The third-order valence-electron chi connectivity index (χ3n) is 2.27. The van der Waals surface area contributed by atoms with Gasteiger partial charge in [0, 0.05) is 0 Å². The maximum atomic E-state index is 13.0. The van der Waals surface area contributed by atoms with Crippen LogP contribution in [0.2, 0.25) is 0 Å². The minimum absolute atomic E-state index is 0.0250. The van der Waals surface area contributed by atoms with E-state index in [9.17, 15) is 14.5 Å². The fourth-order valence-corrected chi connectivity index (χ4v) is 2.38. The topological polar surface area (TPSA) is 86.7 Å². The van der Waals surface area contributed by atoms with Gasteiger partial charge >= 0.3 is 0 Å². The molecule has 2 rings (SSSR count). The van der Waals surface area contributed by atoms with Gasteiger partial charge in [-0.05, 0) is 48.2 Å². The summed E-state index contributed by atoms with van der Waals surface area (Å²) in [7, 11) is 0. The number of hydrogen-bond donors (Lipinski definition) is 0. The molecule has 0 unspecified atom stereocenters. The number of tetrazole rings is 1. The van der Waals surface area contributed by atoms with Crippen LogP contribution in [0.25, 0.3) is 0 Å². The first kappa shape index (κ1) is 13.4. The Morgan fingerprint density at radius 2 is 2.21 bits per heavy atom. The highest BCUT2D eigenvalue weighted by molar-refractivity contribution is 7.99. The molecule has 19 heavy (non-hydrogen) atoms. The third-order valence-corrected chi connectivity index (χ3v) is 3.29. The fourth-order valence-electron chi connectivity index (χ4n) is 1.39. The van der Waals surface area contributed by atoms with Gasteiger partial charge < -0.3 is 0 Å². The van der Waals surface area contributed by atoms with E-state index in [4.69, 9.17) is 0 Å². The molecule has 0 radical (unpaired) electrons. The molecule has 0 aliphatic carbocycles. The van der Waals surface area contributed by atoms with Crippen LogP contribution in [-0.4, -0.2) is 25.1 Å². The van der Waals surface area contributed by atoms with E-state index in [-0.39, 0.29) is 11.7 Å². The van der Waals surface area contributed by atoms with Gasteiger partial charge in [0.15, 0.2) is 0 Å². The molecule has 1 aromatic carbocycles. The molecule has 2 aromatic rings. The zero-order valence-corrected chi connectivity index (χ0v) is 11.0. The second-order valence-electron chi connectivity index (χ2n) is 3.97. The number of hydrogen-bond acceptors (Lipinski definition) is 6. The molecule has 9 heteroatoms. The van der Waals surface area contributed by atoms with Crippen molar-refractivity contribution in [3.8, 4) is 0 Å². The largest absolute Gasteiger partial charge is 0.286 e. The summed E-state index contributed by atoms with van der Waals surface area (Å²) in [5.74, 6) is -0.653. The van der Waals surface area contributed by atoms with E-state index in [1.807, 2.05) is 13.8 Å². The lowest BCUT2D eigenvalue weighted by molar-refractivity contribution is -0.387. The van der Waals surface area contributed by atoms with Gasteiger partial charge in [-0.15, -0.1) is 5.10 Å². The molecule has 0 N–H and O–H groups in total. The molecule has 0 saturated carbocycles. The fraction of sp³-hybridized carbons (Fsp3) is 0.300. The van der Waals surface area contributed by atoms with Crippen LogP contribution in [-0.2, 0) is 0 Å². The van der Waals surface area contributed by atoms with E-state index in [2.05, 4.69) is 15.5 Å². The molecule has 1 heterocycles. The van der Waals surface area contributed by atoms with E-state index >= 15 is 0 Å². The normalized spacial score (nSPS) is 10.9. The van der Waals surface area contributed by atoms with Crippen LogP contribution in [0.3, 0.4) is 0 Å². The van der Waals surface area contributed by atoms with E-state index in [0.29, 0.717) is 10.1 Å². The van der Waals surface area contributed by atoms with Gasteiger partial charge in [0.1, 0.15) is 5.82 Å². The monoisotopic (exact) mass is 283 g/mol. The standard InChI is InChI=1S/C10H10FN5O2S/c1-6(2)15-10(12-13-14-15)19-9-4-3-7(11)5-8(9)16(17)18/h3-6H,1-2H3. The van der Waals surface area contributed by atoms with Crippen LogP contribution >= 0.6 is 11.8 Å². The zero-order valence-electron chi connectivity index (χ0n) is 10.1. The Balaban J connectivity index is 2.38. The van der Waals surface area contributed by atoms with Crippen molar-refractivity contribution in [1.29, 1.82) is 0 Å². The Morgan fingerprint density at radius 3 is 2.84 bits per heavy atom. The summed E-state index contributed by atoms with van der Waals surface area (Å²) in [6, 6.07) is 3.42. The molecular formula is C10H10FN5O2S. The van der Waals surface area contributed by atoms with Crippen molar-refractivity contribution < 1.29 is 9.31 Å². The minimum Gasteiger partial charge on any atom is -0.258 e. The summed E-state index contributed by atoms with van der Waals surface area (Å²) in [5, 5.41) is 22.4. The van der Waals surface area contributed by atoms with Gasteiger partial charge in [-0.1, -0.05) is 0 Å². The van der Waals surface area contributed by atoms with Gasteiger partial charge in [0.2, 0.25) is 5.16 Å². The van der Waals surface area contributed by atoms with Crippen molar-refractivity contribution in [2.45, 2.75) is 29.9 Å². The molecule has 0 spiro atoms. The highest BCUT2D eigenvalue weighted by atomic mass is 32.2. The average Bonchev–Trinajstić information content (AvgIpc) is 2.79. The number of benzene rings is 1. The quantitative estimate of drug-likeness (QED) is 0.632. The Kier molecular flexibility index (Phi) is 3.74. The van der Waals surface area contributed by atoms with Crippen LogP contribution in [0.15, 0.2) is 28.3 Å². The second-order valence-corrected chi connectivity index (χ2v) is 4.98. The molecule has 0 aliphatic rings. The molecule has 0 aliphatic heterocycles. The number of nitro groups is 1. The molecule has 100 valence electrons. The summed E-state index contributed by atoms with van der Waals surface area (Å²) < 4.78 is 14.6. The van der Waals surface area contributed by atoms with Crippen molar-refractivity contribution in [3.63, 3.8) is 0 Å². The predicted octanol–water partition coefficient (Wildman–Crippen LogP) is 2.45. The molecular weight excluding hydrogens is 273 g/mol. The maximum Gasteiger partial charge on any atom is 0.286 e. The zero-order chi connectivity index (χ0) is 14.0. The van der Waals surface area contributed by atoms with Crippen molar-refractivity contribution in [2.75, 3.05) is 0 Å². The minimum atomic E-state index is -0.653. The van der Waals surface area contributed by atoms with Crippen LogP contribution in [0.1, 0.15) is 19.9 Å². The van der Waals surface area contributed by atoms with Gasteiger partial charge in [-0.25, -0.2) is 9.07 Å². The van der Waals surface area contributed by atoms with E-state index in [1.54, 1.807) is 0 Å². The number of halogens is 1. The molecule has 0 amide bonds. The summed E-state index contributed by atoms with van der Waals surface area (Å²) in [4.78, 5) is 10.6. The van der Waals surface area contributed by atoms with E-state index in [1.165, 1.54) is 16.8 Å². The lowest BCUT2D eigenvalue weighted by Crippen LogP contribution is -2.04. The van der Waals surface area contributed by atoms with Gasteiger partial charge in [-0.2, -0.15) is 0 Å². The first-order valence-corrected chi connectivity index (χ1v) is 6.20. The highest BCUT2D eigenvalue weighted by Crippen LogP contribution is 2.34. The molecule has 1 aromatic heterocycles. The van der Waals surface area contributed by atoms with Gasteiger partial charge in [0.05, 0.1) is 21.9 Å². The van der Waals surface area contributed by atoms with Crippen LogP contribution in [0.5, 0.6) is 0 Å². The maximum absolute atomic E-state index is 13.0. The smallest absolute Gasteiger partial charge is 0.258 e. The van der Waals surface area contributed by atoms with Gasteiger partial charge in [0.25, 0.3) is 5.69 Å². The van der Waals surface area contributed by atoms with Crippen LogP contribution in [0, 0.1) is 15.9 Å². The van der Waals surface area contributed by atoms with Crippen molar-refractivity contribution in [2.24, 2.45) is 0 Å². The predicted molar refractivity (Wildman–Crippen MR) is 65.4 cm³/mol. The number of nitrogens with zero attached hydrogens (tertiary/aromatic N) is 5. The van der Waals surface area contributed by atoms with Crippen LogP contribution in [0.4, 0.5) is 10.1 Å². The molecule has 0 fully saturated rings. The molecule has 0 atom stereocenters. The highest BCUT2D eigenvalue weighted by Gasteiger charge is 2.19. The second kappa shape index (κ2) is 5.31. The first-order chi connectivity index (χ1) is 8.99. The molecule has 0 saturated heterocycles. The van der Waals surface area contributed by atoms with Crippen molar-refractivity contribution >= 4 is 17.4 Å². The SMILES string of the molecule is CC(C)n1nnnc1Sc1ccc(F)cc1[N+](=O)[O-]. The van der Waals surface area contributed by atoms with Crippen LogP contribution < -0.4 is 0 Å². The van der Waals surface area contributed by atoms with Crippen molar-refractivity contribution in [1.82, 2.24) is 20.2 Å². The number of aromatic nitrogens is 4. The van der Waals surface area contributed by atoms with E-state index in [0.717, 1.165) is 17.8 Å². The average molecular weight is 283 g/mol. The summed E-state index contributed by atoms with van der Waals surface area (Å²) >= 11 is 1.03. The summed E-state index contributed by atoms with van der Waals surface area (Å²) in [6.07, 6.45) is 0. The Morgan fingerprint density at radius 1 is 1.47 bits per heavy atom. The van der Waals surface area contributed by atoms with E-state index < -0.39 is 10.7 Å². The summed E-state index contributed by atoms with van der Waals surface area (Å²) in [5.41, 5.74) is -0.302. The number of nitro benzene ring substituents is 1.